The lowest BCUT2D eigenvalue weighted by molar-refractivity contribution is 0.0604. The quantitative estimate of drug-likeness (QED) is 0.820. The van der Waals surface area contributed by atoms with Crippen molar-refractivity contribution in [1.29, 1.82) is 0 Å². The van der Waals surface area contributed by atoms with E-state index < -0.39 is 10.0 Å². The molecule has 112 valence electrons. The van der Waals surface area contributed by atoms with Gasteiger partial charge in [0.15, 0.2) is 0 Å². The van der Waals surface area contributed by atoms with Gasteiger partial charge in [0.2, 0.25) is 10.0 Å². The fourth-order valence-electron chi connectivity index (χ4n) is 2.51. The molecule has 8 heteroatoms. The zero-order valence-electron chi connectivity index (χ0n) is 11.5. The van der Waals surface area contributed by atoms with Crippen LogP contribution in [0.1, 0.15) is 36.0 Å². The highest BCUT2D eigenvalue weighted by molar-refractivity contribution is 7.88. The van der Waals surface area contributed by atoms with Gasteiger partial charge in [-0.05, 0) is 25.7 Å². The Labute approximate surface area is 118 Å². The van der Waals surface area contributed by atoms with Crippen LogP contribution < -0.4 is 4.72 Å². The SMILES string of the molecule is CS(=O)(=O)NCCC1CCCCN1C(=O)c1cn[nH]c1. The Morgan fingerprint density at radius 2 is 2.35 bits per heavy atom. The molecule has 2 rings (SSSR count). The molecule has 1 saturated heterocycles. The van der Waals surface area contributed by atoms with Crippen molar-refractivity contribution in [3.8, 4) is 0 Å². The number of amides is 1. The van der Waals surface area contributed by atoms with Crippen LogP contribution >= 0.6 is 0 Å². The van der Waals surface area contributed by atoms with Gasteiger partial charge in [-0.15, -0.1) is 0 Å². The van der Waals surface area contributed by atoms with Gasteiger partial charge in [-0.2, -0.15) is 5.10 Å². The first-order valence-corrected chi connectivity index (χ1v) is 8.61. The van der Waals surface area contributed by atoms with Gasteiger partial charge in [0, 0.05) is 25.3 Å². The molecule has 1 aromatic rings. The van der Waals surface area contributed by atoms with Gasteiger partial charge in [0.05, 0.1) is 18.0 Å². The summed E-state index contributed by atoms with van der Waals surface area (Å²) in [6.07, 6.45) is 7.85. The first kappa shape index (κ1) is 15.0. The Balaban J connectivity index is 1.96. The standard InChI is InChI=1S/C12H20N4O3S/c1-20(18,19)15-6-5-11-4-2-3-7-16(11)12(17)10-8-13-14-9-10/h8-9,11,15H,2-7H2,1H3,(H,13,14). The number of piperidine rings is 1. The molecule has 1 aromatic heterocycles. The van der Waals surface area contributed by atoms with Gasteiger partial charge in [0.25, 0.3) is 5.91 Å². The van der Waals surface area contributed by atoms with Crippen molar-refractivity contribution in [2.45, 2.75) is 31.7 Å². The Kier molecular flexibility index (Phi) is 4.77. The number of nitrogens with zero attached hydrogens (tertiary/aromatic N) is 2. The minimum Gasteiger partial charge on any atom is -0.336 e. The molecule has 1 aliphatic heterocycles. The number of carbonyl (C=O) groups excluding carboxylic acids is 1. The molecular formula is C12H20N4O3S. The maximum Gasteiger partial charge on any atom is 0.257 e. The van der Waals surface area contributed by atoms with Crippen LogP contribution in [-0.4, -0.2) is 54.8 Å². The van der Waals surface area contributed by atoms with E-state index in [1.165, 1.54) is 6.20 Å². The first-order valence-electron chi connectivity index (χ1n) is 6.72. The van der Waals surface area contributed by atoms with Crippen LogP contribution in [-0.2, 0) is 10.0 Å². The van der Waals surface area contributed by atoms with Crippen LogP contribution in [0.3, 0.4) is 0 Å². The third-order valence-electron chi connectivity index (χ3n) is 3.47. The summed E-state index contributed by atoms with van der Waals surface area (Å²) in [6, 6.07) is 0.0837. The van der Waals surface area contributed by atoms with Crippen LogP contribution in [0.25, 0.3) is 0 Å². The maximum absolute atomic E-state index is 12.4. The number of carbonyl (C=O) groups is 1. The molecule has 1 fully saturated rings. The number of likely N-dealkylation sites (tertiary alicyclic amines) is 1. The lowest BCUT2D eigenvalue weighted by Gasteiger charge is -2.35. The monoisotopic (exact) mass is 300 g/mol. The molecular weight excluding hydrogens is 280 g/mol. The van der Waals surface area contributed by atoms with Crippen LogP contribution in [0, 0.1) is 0 Å². The fourth-order valence-corrected chi connectivity index (χ4v) is 3.00. The second kappa shape index (κ2) is 6.36. The van der Waals surface area contributed by atoms with Crippen molar-refractivity contribution in [2.24, 2.45) is 0 Å². The summed E-state index contributed by atoms with van der Waals surface area (Å²) in [7, 11) is -3.17. The van der Waals surface area contributed by atoms with Crippen molar-refractivity contribution >= 4 is 15.9 Å². The summed E-state index contributed by atoms with van der Waals surface area (Å²) in [5.74, 6) is -0.0391. The van der Waals surface area contributed by atoms with Gasteiger partial charge in [-0.3, -0.25) is 9.89 Å². The minimum absolute atomic E-state index is 0.0391. The van der Waals surface area contributed by atoms with Crippen molar-refractivity contribution in [1.82, 2.24) is 19.8 Å². The Hall–Kier alpha value is -1.41. The van der Waals surface area contributed by atoms with E-state index in [2.05, 4.69) is 14.9 Å². The summed E-state index contributed by atoms with van der Waals surface area (Å²) >= 11 is 0. The molecule has 0 bridgehead atoms. The number of H-pyrrole nitrogens is 1. The fraction of sp³-hybridized carbons (Fsp3) is 0.667. The topological polar surface area (TPSA) is 95.2 Å². The van der Waals surface area contributed by atoms with Crippen molar-refractivity contribution in [3.63, 3.8) is 0 Å². The van der Waals surface area contributed by atoms with Crippen LogP contribution in [0.5, 0.6) is 0 Å². The molecule has 1 atom stereocenters. The van der Waals surface area contributed by atoms with Gasteiger partial charge >= 0.3 is 0 Å². The summed E-state index contributed by atoms with van der Waals surface area (Å²) < 4.78 is 24.6. The third kappa shape index (κ3) is 4.04. The molecule has 1 aliphatic rings. The molecule has 0 aliphatic carbocycles. The number of hydrogen-bond acceptors (Lipinski definition) is 4. The molecule has 1 unspecified atom stereocenters. The van der Waals surface area contributed by atoms with Crippen molar-refractivity contribution in [3.05, 3.63) is 18.0 Å². The first-order chi connectivity index (χ1) is 9.47. The number of hydrogen-bond donors (Lipinski definition) is 2. The van der Waals surface area contributed by atoms with E-state index >= 15 is 0 Å². The van der Waals surface area contributed by atoms with E-state index in [9.17, 15) is 13.2 Å². The molecule has 0 aromatic carbocycles. The summed E-state index contributed by atoms with van der Waals surface area (Å²) in [5, 5.41) is 6.43. The molecule has 1 amide bonds. The van der Waals surface area contributed by atoms with E-state index in [1.807, 2.05) is 4.90 Å². The van der Waals surface area contributed by atoms with Crippen molar-refractivity contribution in [2.75, 3.05) is 19.3 Å². The van der Waals surface area contributed by atoms with Crippen LogP contribution in [0.4, 0.5) is 0 Å². The summed E-state index contributed by atoms with van der Waals surface area (Å²) in [6.45, 7) is 1.08. The Morgan fingerprint density at radius 1 is 1.55 bits per heavy atom. The van der Waals surface area contributed by atoms with Gasteiger partial charge in [-0.25, -0.2) is 13.1 Å². The van der Waals surface area contributed by atoms with Gasteiger partial charge < -0.3 is 4.90 Å². The molecule has 0 radical (unpaired) electrons. The summed E-state index contributed by atoms with van der Waals surface area (Å²) in [5.41, 5.74) is 0.549. The zero-order valence-corrected chi connectivity index (χ0v) is 12.3. The molecule has 20 heavy (non-hydrogen) atoms. The second-order valence-electron chi connectivity index (χ2n) is 5.09. The highest BCUT2D eigenvalue weighted by Gasteiger charge is 2.27. The van der Waals surface area contributed by atoms with Gasteiger partial charge in [-0.1, -0.05) is 0 Å². The number of aromatic nitrogens is 2. The van der Waals surface area contributed by atoms with Gasteiger partial charge in [0.1, 0.15) is 0 Å². The maximum atomic E-state index is 12.4. The molecule has 0 saturated carbocycles. The van der Waals surface area contributed by atoms with Crippen molar-refractivity contribution < 1.29 is 13.2 Å². The van der Waals surface area contributed by atoms with E-state index in [0.717, 1.165) is 25.5 Å². The van der Waals surface area contributed by atoms with E-state index in [-0.39, 0.29) is 11.9 Å². The highest BCUT2D eigenvalue weighted by atomic mass is 32.2. The lowest BCUT2D eigenvalue weighted by Crippen LogP contribution is -2.45. The van der Waals surface area contributed by atoms with Crippen LogP contribution in [0.2, 0.25) is 0 Å². The zero-order chi connectivity index (χ0) is 14.6. The average molecular weight is 300 g/mol. The molecule has 2 heterocycles. The molecule has 7 nitrogen and oxygen atoms in total. The average Bonchev–Trinajstić information content (AvgIpc) is 2.91. The second-order valence-corrected chi connectivity index (χ2v) is 6.92. The van der Waals surface area contributed by atoms with E-state index in [4.69, 9.17) is 0 Å². The minimum atomic E-state index is -3.17. The van der Waals surface area contributed by atoms with Crippen LogP contribution in [0.15, 0.2) is 12.4 Å². The predicted molar refractivity (Wildman–Crippen MR) is 74.7 cm³/mol. The number of aromatic amines is 1. The Morgan fingerprint density at radius 3 is 3.00 bits per heavy atom. The Bertz CT molecular complexity index is 541. The smallest absolute Gasteiger partial charge is 0.257 e. The largest absolute Gasteiger partial charge is 0.336 e. The lowest BCUT2D eigenvalue weighted by atomic mass is 9.98. The summed E-state index contributed by atoms with van der Waals surface area (Å²) in [4.78, 5) is 14.2. The molecule has 0 spiro atoms. The number of nitrogens with one attached hydrogen (secondary N) is 2. The molecule has 2 N–H and O–H groups in total. The van der Waals surface area contributed by atoms with E-state index in [1.54, 1.807) is 6.20 Å². The van der Waals surface area contributed by atoms with E-state index in [0.29, 0.717) is 25.1 Å². The third-order valence-corrected chi connectivity index (χ3v) is 4.20. The number of sulfonamides is 1. The number of rotatable bonds is 5. The highest BCUT2D eigenvalue weighted by Crippen LogP contribution is 2.21. The normalized spacial score (nSPS) is 20.1. The predicted octanol–water partition coefficient (Wildman–Crippen LogP) is 0.344.